The van der Waals surface area contributed by atoms with E-state index in [1.165, 1.54) is 7.11 Å². The minimum absolute atomic E-state index is 0.00606. The fourth-order valence-corrected chi connectivity index (χ4v) is 3.36. The third kappa shape index (κ3) is 2.08. The largest absolute Gasteiger partial charge is 0.480 e. The van der Waals surface area contributed by atoms with Gasteiger partial charge in [0.05, 0.1) is 7.11 Å². The van der Waals surface area contributed by atoms with Crippen molar-refractivity contribution in [2.45, 2.75) is 18.9 Å². The zero-order valence-electron chi connectivity index (χ0n) is 11.1. The molecule has 0 spiro atoms. The van der Waals surface area contributed by atoms with E-state index in [1.807, 2.05) is 4.90 Å². The number of hydrogen-bond acceptors (Lipinski definition) is 4. The third-order valence-electron chi connectivity index (χ3n) is 4.39. The fraction of sp³-hybridized carbons (Fsp3) is 0.571. The standard InChI is InChI=1S/C14H19N3O2/c1-19-13-10(3-2-6-16-13)14(18)17-7-9-4-5-12(15)11(9)8-17/h2-3,6,9,11-12H,4-5,7-8,15H2,1H3. The van der Waals surface area contributed by atoms with Gasteiger partial charge in [0.1, 0.15) is 5.56 Å². The number of likely N-dealkylation sites (tertiary alicyclic amines) is 1. The first-order valence-electron chi connectivity index (χ1n) is 6.74. The van der Waals surface area contributed by atoms with Crippen LogP contribution in [0.4, 0.5) is 0 Å². The third-order valence-corrected chi connectivity index (χ3v) is 4.39. The van der Waals surface area contributed by atoms with E-state index < -0.39 is 0 Å². The van der Waals surface area contributed by atoms with Gasteiger partial charge in [-0.25, -0.2) is 4.98 Å². The Morgan fingerprint density at radius 1 is 1.47 bits per heavy atom. The molecule has 1 saturated heterocycles. The molecular weight excluding hydrogens is 242 g/mol. The van der Waals surface area contributed by atoms with E-state index in [-0.39, 0.29) is 11.9 Å². The first kappa shape index (κ1) is 12.4. The van der Waals surface area contributed by atoms with Gasteiger partial charge in [-0.3, -0.25) is 4.79 Å². The van der Waals surface area contributed by atoms with E-state index in [9.17, 15) is 4.79 Å². The van der Waals surface area contributed by atoms with Gasteiger partial charge in [-0.05, 0) is 36.8 Å². The van der Waals surface area contributed by atoms with Crippen LogP contribution in [0.5, 0.6) is 5.88 Å². The molecule has 0 aromatic carbocycles. The van der Waals surface area contributed by atoms with Crippen LogP contribution in [0.25, 0.3) is 0 Å². The Labute approximate surface area is 112 Å². The maximum Gasteiger partial charge on any atom is 0.259 e. The quantitative estimate of drug-likeness (QED) is 0.859. The summed E-state index contributed by atoms with van der Waals surface area (Å²) in [6, 6.07) is 3.78. The molecule has 0 bridgehead atoms. The number of carbonyl (C=O) groups is 1. The van der Waals surface area contributed by atoms with E-state index >= 15 is 0 Å². The Bertz CT molecular complexity index is 491. The summed E-state index contributed by atoms with van der Waals surface area (Å²) in [5.74, 6) is 1.44. The van der Waals surface area contributed by atoms with Gasteiger partial charge in [0.2, 0.25) is 5.88 Å². The second-order valence-electron chi connectivity index (χ2n) is 5.44. The van der Waals surface area contributed by atoms with Crippen molar-refractivity contribution < 1.29 is 9.53 Å². The van der Waals surface area contributed by atoms with Crippen LogP contribution in [0.1, 0.15) is 23.2 Å². The summed E-state index contributed by atoms with van der Waals surface area (Å²) < 4.78 is 5.16. The number of nitrogens with zero attached hydrogens (tertiary/aromatic N) is 2. The predicted octanol–water partition coefficient (Wildman–Crippen LogP) is 0.900. The number of methoxy groups -OCH3 is 1. The molecular formula is C14H19N3O2. The van der Waals surface area contributed by atoms with Gasteiger partial charge in [0.25, 0.3) is 5.91 Å². The Morgan fingerprint density at radius 2 is 2.32 bits per heavy atom. The highest BCUT2D eigenvalue weighted by Crippen LogP contribution is 2.37. The van der Waals surface area contributed by atoms with Gasteiger partial charge >= 0.3 is 0 Å². The molecule has 1 saturated carbocycles. The normalized spacial score (nSPS) is 29.4. The minimum atomic E-state index is 0.00606. The Balaban J connectivity index is 1.78. The number of pyridine rings is 1. The van der Waals surface area contributed by atoms with Crippen molar-refractivity contribution in [1.29, 1.82) is 0 Å². The van der Waals surface area contributed by atoms with Crippen molar-refractivity contribution in [2.24, 2.45) is 17.6 Å². The lowest BCUT2D eigenvalue weighted by molar-refractivity contribution is 0.0775. The van der Waals surface area contributed by atoms with Gasteiger partial charge < -0.3 is 15.4 Å². The highest BCUT2D eigenvalue weighted by atomic mass is 16.5. The van der Waals surface area contributed by atoms with Crippen LogP contribution < -0.4 is 10.5 Å². The average molecular weight is 261 g/mol. The van der Waals surface area contributed by atoms with Crippen LogP contribution in [-0.4, -0.2) is 42.0 Å². The van der Waals surface area contributed by atoms with E-state index in [2.05, 4.69) is 4.98 Å². The molecule has 5 heteroatoms. The number of aromatic nitrogens is 1. The molecule has 1 aromatic rings. The van der Waals surface area contributed by atoms with Crippen LogP contribution >= 0.6 is 0 Å². The van der Waals surface area contributed by atoms with Gasteiger partial charge in [-0.1, -0.05) is 0 Å². The summed E-state index contributed by atoms with van der Waals surface area (Å²) in [6.45, 7) is 1.58. The summed E-state index contributed by atoms with van der Waals surface area (Å²) in [7, 11) is 1.54. The number of amides is 1. The lowest BCUT2D eigenvalue weighted by Crippen LogP contribution is -2.33. The zero-order chi connectivity index (χ0) is 13.4. The number of fused-ring (bicyclic) bond motifs is 1. The van der Waals surface area contributed by atoms with Gasteiger partial charge in [-0.15, -0.1) is 0 Å². The lowest BCUT2D eigenvalue weighted by atomic mass is 9.98. The fourth-order valence-electron chi connectivity index (χ4n) is 3.36. The Hall–Kier alpha value is -1.62. The highest BCUT2D eigenvalue weighted by Gasteiger charge is 2.42. The number of rotatable bonds is 2. The maximum atomic E-state index is 12.5. The Kier molecular flexibility index (Phi) is 3.14. The molecule has 0 radical (unpaired) electrons. The van der Waals surface area contributed by atoms with Crippen LogP contribution in [-0.2, 0) is 0 Å². The molecule has 102 valence electrons. The number of hydrogen-bond donors (Lipinski definition) is 1. The second-order valence-corrected chi connectivity index (χ2v) is 5.44. The minimum Gasteiger partial charge on any atom is -0.480 e. The van der Waals surface area contributed by atoms with Gasteiger partial charge in [0.15, 0.2) is 0 Å². The number of ether oxygens (including phenoxy) is 1. The number of nitrogens with two attached hydrogens (primary N) is 1. The van der Waals surface area contributed by atoms with Crippen LogP contribution in [0.3, 0.4) is 0 Å². The molecule has 3 rings (SSSR count). The highest BCUT2D eigenvalue weighted by molar-refractivity contribution is 5.96. The van der Waals surface area contributed by atoms with Crippen LogP contribution in [0.2, 0.25) is 0 Å². The monoisotopic (exact) mass is 261 g/mol. The molecule has 1 aromatic heterocycles. The lowest BCUT2D eigenvalue weighted by Gasteiger charge is -2.19. The topological polar surface area (TPSA) is 68.5 Å². The summed E-state index contributed by atoms with van der Waals surface area (Å²) in [6.07, 6.45) is 3.86. The molecule has 3 unspecified atom stereocenters. The smallest absolute Gasteiger partial charge is 0.259 e. The molecule has 19 heavy (non-hydrogen) atoms. The average Bonchev–Trinajstić information content (AvgIpc) is 3.00. The SMILES string of the molecule is COc1ncccc1C(=O)N1CC2CCC(N)C2C1. The molecule has 2 heterocycles. The number of carbonyl (C=O) groups excluding carboxylic acids is 1. The van der Waals surface area contributed by atoms with Gasteiger partial charge in [0, 0.05) is 25.3 Å². The summed E-state index contributed by atoms with van der Waals surface area (Å²) in [5, 5.41) is 0. The first-order chi connectivity index (χ1) is 9.20. The molecule has 1 aliphatic heterocycles. The summed E-state index contributed by atoms with van der Waals surface area (Å²) in [4.78, 5) is 18.5. The van der Waals surface area contributed by atoms with Crippen molar-refractivity contribution in [1.82, 2.24) is 9.88 Å². The molecule has 1 amide bonds. The summed E-state index contributed by atoms with van der Waals surface area (Å²) in [5.41, 5.74) is 6.64. The van der Waals surface area contributed by atoms with Gasteiger partial charge in [-0.2, -0.15) is 0 Å². The van der Waals surface area contributed by atoms with Crippen molar-refractivity contribution in [3.63, 3.8) is 0 Å². The van der Waals surface area contributed by atoms with Crippen LogP contribution in [0.15, 0.2) is 18.3 Å². The van der Waals surface area contributed by atoms with Crippen molar-refractivity contribution in [3.8, 4) is 5.88 Å². The van der Waals surface area contributed by atoms with Crippen molar-refractivity contribution in [2.75, 3.05) is 20.2 Å². The van der Waals surface area contributed by atoms with Crippen LogP contribution in [0, 0.1) is 11.8 Å². The first-order valence-corrected chi connectivity index (χ1v) is 6.74. The molecule has 5 nitrogen and oxygen atoms in total. The molecule has 2 fully saturated rings. The predicted molar refractivity (Wildman–Crippen MR) is 70.9 cm³/mol. The van der Waals surface area contributed by atoms with E-state index in [1.54, 1.807) is 18.3 Å². The summed E-state index contributed by atoms with van der Waals surface area (Å²) >= 11 is 0. The molecule has 1 aliphatic carbocycles. The van der Waals surface area contributed by atoms with Crippen molar-refractivity contribution in [3.05, 3.63) is 23.9 Å². The molecule has 2 N–H and O–H groups in total. The second kappa shape index (κ2) is 4.81. The molecule has 2 aliphatic rings. The zero-order valence-corrected chi connectivity index (χ0v) is 11.1. The Morgan fingerprint density at radius 3 is 3.05 bits per heavy atom. The van der Waals surface area contributed by atoms with E-state index in [4.69, 9.17) is 10.5 Å². The molecule has 3 atom stereocenters. The van der Waals surface area contributed by atoms with E-state index in [0.29, 0.717) is 23.3 Å². The van der Waals surface area contributed by atoms with E-state index in [0.717, 1.165) is 25.9 Å². The maximum absolute atomic E-state index is 12.5. The van der Waals surface area contributed by atoms with Crippen molar-refractivity contribution >= 4 is 5.91 Å².